The third-order valence-electron chi connectivity index (χ3n) is 3.68. The van der Waals surface area contributed by atoms with Crippen LogP contribution in [0.25, 0.3) is 0 Å². The summed E-state index contributed by atoms with van der Waals surface area (Å²) < 4.78 is 0. The molecule has 1 aromatic rings. The zero-order valence-corrected chi connectivity index (χ0v) is 12.1. The molecule has 1 aliphatic carbocycles. The van der Waals surface area contributed by atoms with Crippen LogP contribution in [0, 0.1) is 5.92 Å². The average molecular weight is 275 g/mol. The summed E-state index contributed by atoms with van der Waals surface area (Å²) in [6.07, 6.45) is 3.33. The Morgan fingerprint density at radius 1 is 1.35 bits per heavy atom. The van der Waals surface area contributed by atoms with Crippen LogP contribution in [0.4, 0.5) is 0 Å². The van der Waals surface area contributed by atoms with Crippen molar-refractivity contribution < 1.29 is 4.79 Å². The van der Waals surface area contributed by atoms with Gasteiger partial charge in [-0.3, -0.25) is 4.79 Å². The van der Waals surface area contributed by atoms with E-state index in [1.54, 1.807) is 0 Å². The molecule has 0 aromatic heterocycles. The van der Waals surface area contributed by atoms with Gasteiger partial charge in [-0.1, -0.05) is 30.3 Å². The molecule has 1 saturated carbocycles. The van der Waals surface area contributed by atoms with E-state index in [1.165, 1.54) is 18.4 Å². The summed E-state index contributed by atoms with van der Waals surface area (Å²) >= 11 is 0. The van der Waals surface area contributed by atoms with Crippen LogP contribution in [0.3, 0.4) is 0 Å². The Bertz CT molecular complexity index is 417. The van der Waals surface area contributed by atoms with E-state index in [2.05, 4.69) is 22.8 Å². The van der Waals surface area contributed by atoms with Crippen LogP contribution >= 0.6 is 0 Å². The minimum atomic E-state index is -0.185. The highest BCUT2D eigenvalue weighted by atomic mass is 16.2. The molecule has 110 valence electrons. The maximum absolute atomic E-state index is 11.8. The fourth-order valence-electron chi connectivity index (χ4n) is 2.13. The third kappa shape index (κ3) is 5.31. The molecule has 2 atom stereocenters. The van der Waals surface area contributed by atoms with E-state index >= 15 is 0 Å². The Labute approximate surface area is 121 Å². The van der Waals surface area contributed by atoms with Crippen molar-refractivity contribution in [3.8, 4) is 0 Å². The number of amides is 1. The van der Waals surface area contributed by atoms with Crippen molar-refractivity contribution in [1.29, 1.82) is 0 Å². The minimum Gasteiger partial charge on any atom is -0.354 e. The fraction of sp³-hybridized carbons (Fsp3) is 0.562. The lowest BCUT2D eigenvalue weighted by Gasteiger charge is -2.17. The summed E-state index contributed by atoms with van der Waals surface area (Å²) in [5, 5.41) is 6.19. The van der Waals surface area contributed by atoms with Gasteiger partial charge in [-0.15, -0.1) is 0 Å². The van der Waals surface area contributed by atoms with Crippen LogP contribution in [0.15, 0.2) is 30.3 Å². The van der Waals surface area contributed by atoms with Crippen molar-refractivity contribution in [2.75, 3.05) is 13.1 Å². The van der Waals surface area contributed by atoms with E-state index < -0.39 is 0 Å². The molecule has 0 unspecified atom stereocenters. The highest BCUT2D eigenvalue weighted by molar-refractivity contribution is 5.81. The topological polar surface area (TPSA) is 67.1 Å². The van der Waals surface area contributed by atoms with Crippen molar-refractivity contribution in [3.63, 3.8) is 0 Å². The molecule has 0 aliphatic heterocycles. The second-order valence-electron chi connectivity index (χ2n) is 5.77. The Morgan fingerprint density at radius 3 is 2.70 bits per heavy atom. The van der Waals surface area contributed by atoms with Gasteiger partial charge in [-0.25, -0.2) is 0 Å². The normalized spacial score (nSPS) is 17.5. The van der Waals surface area contributed by atoms with Crippen LogP contribution in [0.2, 0.25) is 0 Å². The van der Waals surface area contributed by atoms with Gasteiger partial charge in [0.2, 0.25) is 5.91 Å². The summed E-state index contributed by atoms with van der Waals surface area (Å²) in [7, 11) is 0. The van der Waals surface area contributed by atoms with Gasteiger partial charge >= 0.3 is 0 Å². The number of rotatable bonds is 8. The first-order chi connectivity index (χ1) is 9.65. The molecule has 4 nitrogen and oxygen atoms in total. The van der Waals surface area contributed by atoms with Crippen LogP contribution in [0.1, 0.15) is 25.3 Å². The lowest BCUT2D eigenvalue weighted by atomic mass is 10.1. The van der Waals surface area contributed by atoms with Crippen LogP contribution in [-0.2, 0) is 11.2 Å². The molecule has 20 heavy (non-hydrogen) atoms. The molecule has 0 heterocycles. The number of benzene rings is 1. The van der Waals surface area contributed by atoms with Gasteiger partial charge in [0.15, 0.2) is 0 Å². The number of nitrogens with two attached hydrogens (primary N) is 1. The monoisotopic (exact) mass is 275 g/mol. The summed E-state index contributed by atoms with van der Waals surface area (Å²) in [6.45, 7) is 3.35. The standard InChI is InChI=1S/C16H25N3O/c1-12(16(20)19-10-14-7-8-14)18-11-15(17)9-13-5-3-2-4-6-13/h2-6,12,14-15,18H,7-11,17H2,1H3,(H,19,20)/t12-,15-/m0/s1. The predicted octanol–water partition coefficient (Wildman–Crippen LogP) is 1.06. The first-order valence-corrected chi connectivity index (χ1v) is 7.45. The fourth-order valence-corrected chi connectivity index (χ4v) is 2.13. The van der Waals surface area contributed by atoms with E-state index in [9.17, 15) is 4.79 Å². The van der Waals surface area contributed by atoms with Crippen LogP contribution in [-0.4, -0.2) is 31.1 Å². The van der Waals surface area contributed by atoms with E-state index in [-0.39, 0.29) is 18.0 Å². The van der Waals surface area contributed by atoms with E-state index in [1.807, 2.05) is 25.1 Å². The number of hydrogen-bond donors (Lipinski definition) is 3. The zero-order valence-electron chi connectivity index (χ0n) is 12.1. The zero-order chi connectivity index (χ0) is 14.4. The molecule has 0 radical (unpaired) electrons. The molecular weight excluding hydrogens is 250 g/mol. The van der Waals surface area contributed by atoms with Gasteiger partial charge in [0.25, 0.3) is 0 Å². The molecule has 1 aliphatic rings. The number of carbonyl (C=O) groups excluding carboxylic acids is 1. The quantitative estimate of drug-likeness (QED) is 0.664. The van der Waals surface area contributed by atoms with E-state index in [4.69, 9.17) is 5.73 Å². The summed E-state index contributed by atoms with van der Waals surface area (Å²) in [4.78, 5) is 11.8. The molecular formula is C16H25N3O. The van der Waals surface area contributed by atoms with Gasteiger partial charge in [0, 0.05) is 19.1 Å². The molecule has 1 fully saturated rings. The Morgan fingerprint density at radius 2 is 2.05 bits per heavy atom. The number of hydrogen-bond acceptors (Lipinski definition) is 3. The second kappa shape index (κ2) is 7.41. The van der Waals surface area contributed by atoms with Crippen LogP contribution in [0.5, 0.6) is 0 Å². The Balaban J connectivity index is 1.63. The molecule has 4 heteroatoms. The van der Waals surface area contributed by atoms with Gasteiger partial charge in [-0.05, 0) is 37.7 Å². The highest BCUT2D eigenvalue weighted by Crippen LogP contribution is 2.27. The average Bonchev–Trinajstić information content (AvgIpc) is 3.27. The van der Waals surface area contributed by atoms with Crippen molar-refractivity contribution in [3.05, 3.63) is 35.9 Å². The lowest BCUT2D eigenvalue weighted by Crippen LogP contribution is -2.47. The molecule has 4 N–H and O–H groups in total. The van der Waals surface area contributed by atoms with Crippen molar-refractivity contribution in [1.82, 2.24) is 10.6 Å². The SMILES string of the molecule is C[C@H](NC[C@@H](N)Cc1ccccc1)C(=O)NCC1CC1. The molecule has 1 aromatic carbocycles. The van der Waals surface area contributed by atoms with Crippen LogP contribution < -0.4 is 16.4 Å². The van der Waals surface area contributed by atoms with E-state index in [0.29, 0.717) is 12.5 Å². The largest absolute Gasteiger partial charge is 0.354 e. The van der Waals surface area contributed by atoms with Crippen molar-refractivity contribution >= 4 is 5.91 Å². The predicted molar refractivity (Wildman–Crippen MR) is 81.3 cm³/mol. The minimum absolute atomic E-state index is 0.0242. The summed E-state index contributed by atoms with van der Waals surface area (Å²) in [5.74, 6) is 0.787. The van der Waals surface area contributed by atoms with Crippen molar-refractivity contribution in [2.45, 2.75) is 38.3 Å². The maximum Gasteiger partial charge on any atom is 0.236 e. The first kappa shape index (κ1) is 15.0. The number of carbonyl (C=O) groups is 1. The summed E-state index contributed by atoms with van der Waals surface area (Å²) in [6, 6.07) is 10.0. The molecule has 1 amide bonds. The van der Waals surface area contributed by atoms with Gasteiger partial charge in [0.1, 0.15) is 0 Å². The second-order valence-corrected chi connectivity index (χ2v) is 5.77. The van der Waals surface area contributed by atoms with Gasteiger partial charge in [0.05, 0.1) is 6.04 Å². The highest BCUT2D eigenvalue weighted by Gasteiger charge is 2.22. The third-order valence-corrected chi connectivity index (χ3v) is 3.68. The smallest absolute Gasteiger partial charge is 0.236 e. The Kier molecular flexibility index (Phi) is 5.56. The van der Waals surface area contributed by atoms with E-state index in [0.717, 1.165) is 13.0 Å². The molecule has 0 bridgehead atoms. The van der Waals surface area contributed by atoms with Crippen molar-refractivity contribution in [2.24, 2.45) is 11.7 Å². The molecule has 0 spiro atoms. The first-order valence-electron chi connectivity index (χ1n) is 7.45. The lowest BCUT2D eigenvalue weighted by molar-refractivity contribution is -0.122. The maximum atomic E-state index is 11.8. The van der Waals surface area contributed by atoms with Gasteiger partial charge in [-0.2, -0.15) is 0 Å². The van der Waals surface area contributed by atoms with Gasteiger partial charge < -0.3 is 16.4 Å². The Hall–Kier alpha value is -1.39. The summed E-state index contributed by atoms with van der Waals surface area (Å²) in [5.41, 5.74) is 7.32. The number of nitrogens with one attached hydrogen (secondary N) is 2. The molecule has 0 saturated heterocycles. The molecule has 2 rings (SSSR count).